The molecule has 4 N–H and O–H groups in total. The number of aromatic nitrogens is 2. The van der Waals surface area contributed by atoms with E-state index < -0.39 is 7.60 Å². The van der Waals surface area contributed by atoms with Crippen LogP contribution in [-0.4, -0.2) is 60.7 Å². The summed E-state index contributed by atoms with van der Waals surface area (Å²) in [6.45, 7) is 5.44. The summed E-state index contributed by atoms with van der Waals surface area (Å²) in [5.74, 6) is 0.153. The lowest BCUT2D eigenvalue weighted by molar-refractivity contribution is 0.200. The van der Waals surface area contributed by atoms with Crippen molar-refractivity contribution in [3.8, 4) is 0 Å². The highest BCUT2D eigenvalue weighted by Crippen LogP contribution is 2.49. The average Bonchev–Trinajstić information content (AvgIpc) is 3.41. The topological polar surface area (TPSA) is 126 Å². The van der Waals surface area contributed by atoms with Crippen molar-refractivity contribution in [3.05, 3.63) is 22.4 Å². The first kappa shape index (κ1) is 36.9. The van der Waals surface area contributed by atoms with Gasteiger partial charge in [-0.2, -0.15) is 0 Å². The highest BCUT2D eigenvalue weighted by molar-refractivity contribution is 7.53. The fraction of sp³-hybridized carbons (Fsp3) is 0.875. The fourth-order valence-corrected chi connectivity index (χ4v) is 7.27. The lowest BCUT2D eigenvalue weighted by atomic mass is 10.0. The van der Waals surface area contributed by atoms with E-state index in [1.54, 1.807) is 0 Å². The van der Waals surface area contributed by atoms with Gasteiger partial charge < -0.3 is 29.8 Å². The number of aliphatic hydroxyl groups excluding tert-OH is 1. The van der Waals surface area contributed by atoms with Gasteiger partial charge in [0, 0.05) is 25.6 Å². The maximum absolute atomic E-state index is 13.2. The standard InChI is InChI=1S/C32H61N4O5P/c1-2-23-40-42(39,25-20-21-33-26-29-27-34-31-30(29)35-28-36-32(31)38)41-24-19-17-15-13-11-9-7-5-3-4-6-8-10-12-14-16-18-22-37/h28-29,33-34,37H,2-27H2,1H3,(H,35,36,38). The smallest absolute Gasteiger partial charge is 0.330 e. The van der Waals surface area contributed by atoms with Crippen LogP contribution in [0.25, 0.3) is 0 Å². The monoisotopic (exact) mass is 612 g/mol. The van der Waals surface area contributed by atoms with E-state index in [1.165, 1.54) is 96.2 Å². The fourth-order valence-electron chi connectivity index (χ4n) is 5.52. The van der Waals surface area contributed by atoms with Crippen molar-refractivity contribution in [1.29, 1.82) is 0 Å². The molecule has 1 aliphatic rings. The van der Waals surface area contributed by atoms with Gasteiger partial charge in [-0.05, 0) is 32.2 Å². The molecule has 0 saturated carbocycles. The Hall–Kier alpha value is -1.25. The van der Waals surface area contributed by atoms with Crippen LogP contribution in [-0.2, 0) is 13.6 Å². The molecule has 10 heteroatoms. The second-order valence-electron chi connectivity index (χ2n) is 11.9. The molecule has 0 aliphatic carbocycles. The van der Waals surface area contributed by atoms with Crippen LogP contribution < -0.4 is 16.2 Å². The van der Waals surface area contributed by atoms with E-state index in [-0.39, 0.29) is 11.5 Å². The van der Waals surface area contributed by atoms with Crippen LogP contribution in [0.1, 0.15) is 141 Å². The molecule has 2 heterocycles. The molecule has 1 aromatic heterocycles. The van der Waals surface area contributed by atoms with Crippen molar-refractivity contribution in [2.24, 2.45) is 0 Å². The maximum atomic E-state index is 13.2. The molecule has 0 saturated heterocycles. The molecule has 0 fully saturated rings. The predicted molar refractivity (Wildman–Crippen MR) is 174 cm³/mol. The van der Waals surface area contributed by atoms with Crippen molar-refractivity contribution in [2.45, 2.75) is 135 Å². The summed E-state index contributed by atoms with van der Waals surface area (Å²) in [4.78, 5) is 18.8. The van der Waals surface area contributed by atoms with Crippen LogP contribution in [0, 0.1) is 0 Å². The minimum Gasteiger partial charge on any atom is -0.396 e. The number of hydrogen-bond donors (Lipinski definition) is 4. The Morgan fingerprint density at radius 3 is 1.98 bits per heavy atom. The van der Waals surface area contributed by atoms with Gasteiger partial charge in [0.15, 0.2) is 0 Å². The van der Waals surface area contributed by atoms with Gasteiger partial charge in [0.25, 0.3) is 5.56 Å². The molecule has 244 valence electrons. The molecule has 9 nitrogen and oxygen atoms in total. The SMILES string of the molecule is CCCOP(=O)(CCCNCC1CNc2c1nc[nH]c2=O)OCCCCCCCCCCCCCCCCCCCO. The Morgan fingerprint density at radius 2 is 1.40 bits per heavy atom. The third kappa shape index (κ3) is 16.6. The Morgan fingerprint density at radius 1 is 0.857 bits per heavy atom. The van der Waals surface area contributed by atoms with Gasteiger partial charge in [-0.3, -0.25) is 9.36 Å². The number of fused-ring (bicyclic) bond motifs is 1. The molecule has 0 bridgehead atoms. The highest BCUT2D eigenvalue weighted by Gasteiger charge is 2.26. The van der Waals surface area contributed by atoms with E-state index in [9.17, 15) is 9.36 Å². The molecule has 2 unspecified atom stereocenters. The maximum Gasteiger partial charge on any atom is 0.330 e. The number of anilines is 1. The third-order valence-electron chi connectivity index (χ3n) is 8.05. The van der Waals surface area contributed by atoms with E-state index in [0.29, 0.717) is 57.7 Å². The molecule has 0 aromatic carbocycles. The Balaban J connectivity index is 1.42. The predicted octanol–water partition coefficient (Wildman–Crippen LogP) is 7.52. The van der Waals surface area contributed by atoms with Gasteiger partial charge in [0.05, 0.1) is 31.4 Å². The number of aliphatic hydroxyl groups is 1. The lowest BCUT2D eigenvalue weighted by Gasteiger charge is -2.19. The van der Waals surface area contributed by atoms with Crippen molar-refractivity contribution >= 4 is 13.3 Å². The van der Waals surface area contributed by atoms with Crippen LogP contribution in [0.15, 0.2) is 11.1 Å². The first-order valence-corrected chi connectivity index (χ1v) is 18.8. The van der Waals surface area contributed by atoms with Crippen molar-refractivity contribution in [2.75, 3.05) is 50.9 Å². The normalized spacial score (nSPS) is 15.9. The summed E-state index contributed by atoms with van der Waals surface area (Å²) < 4.78 is 24.8. The van der Waals surface area contributed by atoms with Crippen molar-refractivity contribution in [3.63, 3.8) is 0 Å². The van der Waals surface area contributed by atoms with Crippen LogP contribution in [0.3, 0.4) is 0 Å². The highest BCUT2D eigenvalue weighted by atomic mass is 31.2. The van der Waals surface area contributed by atoms with E-state index in [2.05, 4.69) is 20.6 Å². The molecule has 1 aliphatic heterocycles. The van der Waals surface area contributed by atoms with Gasteiger partial charge >= 0.3 is 7.60 Å². The number of aromatic amines is 1. The quantitative estimate of drug-likeness (QED) is 0.0541. The molecule has 0 spiro atoms. The number of rotatable bonds is 29. The second kappa shape index (κ2) is 24.1. The van der Waals surface area contributed by atoms with E-state index >= 15 is 0 Å². The summed E-state index contributed by atoms with van der Waals surface area (Å²) in [6, 6.07) is 0. The first-order valence-electron chi connectivity index (χ1n) is 17.1. The summed E-state index contributed by atoms with van der Waals surface area (Å²) in [6.07, 6.45) is 24.9. The van der Waals surface area contributed by atoms with Crippen molar-refractivity contribution in [1.82, 2.24) is 15.3 Å². The molecular formula is C32H61N4O5P. The van der Waals surface area contributed by atoms with Gasteiger partial charge in [-0.15, -0.1) is 0 Å². The van der Waals surface area contributed by atoms with Gasteiger partial charge in [0.1, 0.15) is 5.69 Å². The number of unbranched alkanes of at least 4 members (excludes halogenated alkanes) is 16. The second-order valence-corrected chi connectivity index (χ2v) is 14.0. The molecule has 42 heavy (non-hydrogen) atoms. The number of H-pyrrole nitrogens is 1. The largest absolute Gasteiger partial charge is 0.396 e. The molecule has 2 atom stereocenters. The number of hydrogen-bond acceptors (Lipinski definition) is 8. The summed E-state index contributed by atoms with van der Waals surface area (Å²) in [5.41, 5.74) is 1.26. The zero-order chi connectivity index (χ0) is 30.1. The lowest BCUT2D eigenvalue weighted by Crippen LogP contribution is -2.24. The Kier molecular flexibility index (Phi) is 21.2. The third-order valence-corrected chi connectivity index (χ3v) is 10.1. The van der Waals surface area contributed by atoms with Crippen LogP contribution >= 0.6 is 7.60 Å². The van der Waals surface area contributed by atoms with Gasteiger partial charge in [-0.25, -0.2) is 4.98 Å². The van der Waals surface area contributed by atoms with E-state index in [0.717, 1.165) is 31.4 Å². The van der Waals surface area contributed by atoms with E-state index in [4.69, 9.17) is 14.2 Å². The minimum absolute atomic E-state index is 0.126. The first-order chi connectivity index (χ1) is 20.6. The Bertz CT molecular complexity index is 900. The van der Waals surface area contributed by atoms with Gasteiger partial charge in [0.2, 0.25) is 0 Å². The zero-order valence-electron chi connectivity index (χ0n) is 26.5. The molecule has 1 aromatic rings. The molecule has 2 rings (SSSR count). The van der Waals surface area contributed by atoms with Crippen LogP contribution in [0.2, 0.25) is 0 Å². The summed E-state index contributed by atoms with van der Waals surface area (Å²) in [5, 5.41) is 15.4. The number of nitrogens with zero attached hydrogens (tertiary/aromatic N) is 1. The van der Waals surface area contributed by atoms with Crippen LogP contribution in [0.5, 0.6) is 0 Å². The average molecular weight is 613 g/mol. The minimum atomic E-state index is -3.07. The molecular weight excluding hydrogens is 551 g/mol. The molecule has 0 amide bonds. The zero-order valence-corrected chi connectivity index (χ0v) is 27.4. The van der Waals surface area contributed by atoms with Gasteiger partial charge in [-0.1, -0.05) is 103 Å². The molecule has 0 radical (unpaired) electrons. The van der Waals surface area contributed by atoms with Crippen LogP contribution in [0.4, 0.5) is 5.69 Å². The number of nitrogens with one attached hydrogen (secondary N) is 3. The summed E-state index contributed by atoms with van der Waals surface area (Å²) in [7, 11) is -3.07. The van der Waals surface area contributed by atoms with E-state index in [1.807, 2.05) is 6.92 Å². The Labute approximate surface area is 255 Å². The van der Waals surface area contributed by atoms with Crippen molar-refractivity contribution < 1.29 is 18.7 Å². The summed E-state index contributed by atoms with van der Waals surface area (Å²) >= 11 is 0.